The molecule has 2 aromatic rings. The zero-order valence-corrected chi connectivity index (χ0v) is 20.3. The number of carbonyl (C=O) groups excluding carboxylic acids is 2. The van der Waals surface area contributed by atoms with Gasteiger partial charge in [-0.2, -0.15) is 5.26 Å². The average molecular weight is 513 g/mol. The maximum absolute atomic E-state index is 13.0. The molecule has 1 aliphatic heterocycles. The number of ether oxygens (including phenoxy) is 2. The molecule has 4 N–H and O–H groups in total. The van der Waals surface area contributed by atoms with Gasteiger partial charge in [0.25, 0.3) is 0 Å². The van der Waals surface area contributed by atoms with Crippen LogP contribution < -0.4 is 15.4 Å². The van der Waals surface area contributed by atoms with Crippen molar-refractivity contribution in [2.45, 2.75) is 10.8 Å². The van der Waals surface area contributed by atoms with Gasteiger partial charge in [-0.3, -0.25) is 4.90 Å². The molecule has 0 fully saturated rings. The average Bonchev–Trinajstić information content (AvgIpc) is 2.90. The number of benzene rings is 2. The lowest BCUT2D eigenvalue weighted by atomic mass is 9.81. The smallest absolute Gasteiger partial charge is 0.355 e. The Morgan fingerprint density at radius 1 is 1.08 bits per heavy atom. The van der Waals surface area contributed by atoms with E-state index < -0.39 is 27.9 Å². The fourth-order valence-electron chi connectivity index (χ4n) is 3.82. The molecule has 0 saturated carbocycles. The molecule has 0 amide bonds. The Balaban J connectivity index is 2.27. The minimum Gasteiger partial charge on any atom is -0.466 e. The first kappa shape index (κ1) is 26.4. The largest absolute Gasteiger partial charge is 0.466 e. The number of nitrogens with one attached hydrogen (secondary N) is 1. The van der Waals surface area contributed by atoms with Gasteiger partial charge in [0.2, 0.25) is 10.0 Å². The molecule has 11 nitrogen and oxygen atoms in total. The van der Waals surface area contributed by atoms with Crippen molar-refractivity contribution in [3.8, 4) is 6.07 Å². The van der Waals surface area contributed by atoms with Crippen molar-refractivity contribution in [1.82, 2.24) is 4.72 Å². The third-order valence-corrected chi connectivity index (χ3v) is 6.90. The van der Waals surface area contributed by atoms with Crippen molar-refractivity contribution in [2.75, 3.05) is 32.3 Å². The molecule has 3 rings (SSSR count). The lowest BCUT2D eigenvalue weighted by molar-refractivity contribution is -0.139. The summed E-state index contributed by atoms with van der Waals surface area (Å²) in [4.78, 5) is 27.1. The lowest BCUT2D eigenvalue weighted by Crippen LogP contribution is -2.40. The molecular formula is C24H24N4O7S. The molecular weight excluding hydrogens is 488 g/mol. The Labute approximate surface area is 208 Å². The summed E-state index contributed by atoms with van der Waals surface area (Å²) in [5.74, 6) is -2.95. The first-order valence-electron chi connectivity index (χ1n) is 10.6. The molecule has 1 aliphatic rings. The molecule has 0 bridgehead atoms. The van der Waals surface area contributed by atoms with E-state index in [-0.39, 0.29) is 46.4 Å². The summed E-state index contributed by atoms with van der Waals surface area (Å²) in [6, 6.07) is 15.8. The predicted molar refractivity (Wildman–Crippen MR) is 128 cm³/mol. The second-order valence-electron chi connectivity index (χ2n) is 7.45. The van der Waals surface area contributed by atoms with E-state index in [2.05, 4.69) is 4.72 Å². The Bertz CT molecular complexity index is 1360. The summed E-state index contributed by atoms with van der Waals surface area (Å²) in [6.45, 7) is -0.550. The van der Waals surface area contributed by atoms with E-state index in [9.17, 15) is 23.3 Å². The van der Waals surface area contributed by atoms with Crippen molar-refractivity contribution < 1.29 is 32.6 Å². The first-order valence-corrected chi connectivity index (χ1v) is 12.1. The normalized spacial score (nSPS) is 15.9. The van der Waals surface area contributed by atoms with Gasteiger partial charge in [-0.25, -0.2) is 22.7 Å². The van der Waals surface area contributed by atoms with Gasteiger partial charge in [-0.1, -0.05) is 30.3 Å². The number of rotatable bonds is 8. The zero-order valence-electron chi connectivity index (χ0n) is 19.5. The number of nitriles is 1. The van der Waals surface area contributed by atoms with Gasteiger partial charge >= 0.3 is 11.9 Å². The molecule has 0 radical (unpaired) electrons. The van der Waals surface area contributed by atoms with Gasteiger partial charge in [0.1, 0.15) is 11.5 Å². The standard InChI is InChI=1S/C24H24N4O7S/c1-34-23(30)20-19(15-6-4-3-5-7-15)18(14-25)22(26)28(21(20)24(31)35-2)16-8-10-17(11-9-16)36(32,33)27-12-13-29/h3-11,19,27,29H,12-13,26H2,1-2H3. The highest BCUT2D eigenvalue weighted by Crippen LogP contribution is 2.43. The number of aliphatic hydroxyl groups is 1. The summed E-state index contributed by atoms with van der Waals surface area (Å²) >= 11 is 0. The summed E-state index contributed by atoms with van der Waals surface area (Å²) < 4.78 is 36.9. The molecule has 1 atom stereocenters. The van der Waals surface area contributed by atoms with E-state index in [1.807, 2.05) is 6.07 Å². The third-order valence-electron chi connectivity index (χ3n) is 5.42. The lowest BCUT2D eigenvalue weighted by Gasteiger charge is -2.35. The van der Waals surface area contributed by atoms with Crippen LogP contribution in [0.4, 0.5) is 5.69 Å². The number of sulfonamides is 1. The number of allylic oxidation sites excluding steroid dienone is 1. The molecule has 0 aliphatic carbocycles. The Hall–Kier alpha value is -4.18. The first-order chi connectivity index (χ1) is 17.2. The van der Waals surface area contributed by atoms with E-state index >= 15 is 0 Å². The number of nitrogens with zero attached hydrogens (tertiary/aromatic N) is 2. The SMILES string of the molecule is COC(=O)C1=C(C(=O)OC)N(c2ccc(S(=O)(=O)NCCO)cc2)C(N)=C(C#N)C1c1ccccc1. The van der Waals surface area contributed by atoms with Crippen LogP contribution in [0.1, 0.15) is 11.5 Å². The van der Waals surface area contributed by atoms with E-state index in [0.717, 1.165) is 19.1 Å². The minimum absolute atomic E-state index is 0.0180. The zero-order chi connectivity index (χ0) is 26.5. The number of hydrogen-bond acceptors (Lipinski definition) is 10. The molecule has 1 unspecified atom stereocenters. The topological polar surface area (TPSA) is 172 Å². The fourth-order valence-corrected chi connectivity index (χ4v) is 4.84. The van der Waals surface area contributed by atoms with Gasteiger partial charge in [-0.15, -0.1) is 0 Å². The Kier molecular flexibility index (Phi) is 8.11. The van der Waals surface area contributed by atoms with Crippen LogP contribution in [-0.2, 0) is 29.1 Å². The van der Waals surface area contributed by atoms with Crippen LogP contribution in [0.25, 0.3) is 0 Å². The Morgan fingerprint density at radius 3 is 2.22 bits per heavy atom. The molecule has 0 spiro atoms. The highest BCUT2D eigenvalue weighted by atomic mass is 32.2. The van der Waals surface area contributed by atoms with Crippen LogP contribution in [0, 0.1) is 11.3 Å². The van der Waals surface area contributed by atoms with Crippen molar-refractivity contribution in [3.05, 3.63) is 82.8 Å². The second-order valence-corrected chi connectivity index (χ2v) is 9.22. The van der Waals surface area contributed by atoms with Crippen LogP contribution in [0.15, 0.2) is 82.2 Å². The van der Waals surface area contributed by atoms with Crippen LogP contribution >= 0.6 is 0 Å². The number of carbonyl (C=O) groups is 2. The number of aliphatic hydroxyl groups excluding tert-OH is 1. The third kappa shape index (κ3) is 4.94. The number of methoxy groups -OCH3 is 2. The number of hydrogen-bond donors (Lipinski definition) is 3. The van der Waals surface area contributed by atoms with Crippen molar-refractivity contribution in [1.29, 1.82) is 5.26 Å². The van der Waals surface area contributed by atoms with Crippen LogP contribution in [-0.4, -0.2) is 52.8 Å². The van der Waals surface area contributed by atoms with E-state index in [4.69, 9.17) is 20.3 Å². The van der Waals surface area contributed by atoms with Gasteiger partial charge < -0.3 is 20.3 Å². The van der Waals surface area contributed by atoms with E-state index in [0.29, 0.717) is 5.56 Å². The Morgan fingerprint density at radius 2 is 1.69 bits per heavy atom. The van der Waals surface area contributed by atoms with Crippen LogP contribution in [0.2, 0.25) is 0 Å². The second kappa shape index (κ2) is 11.0. The molecule has 36 heavy (non-hydrogen) atoms. The minimum atomic E-state index is -3.91. The number of esters is 2. The number of nitrogens with two attached hydrogens (primary N) is 1. The van der Waals surface area contributed by atoms with Crippen molar-refractivity contribution in [3.63, 3.8) is 0 Å². The van der Waals surface area contributed by atoms with Gasteiger partial charge in [-0.05, 0) is 29.8 Å². The summed E-state index contributed by atoms with van der Waals surface area (Å²) in [5, 5.41) is 18.9. The maximum atomic E-state index is 13.0. The quantitative estimate of drug-likeness (QED) is 0.431. The van der Waals surface area contributed by atoms with E-state index in [1.165, 1.54) is 24.3 Å². The van der Waals surface area contributed by atoms with Crippen molar-refractivity contribution >= 4 is 27.6 Å². The molecule has 2 aromatic carbocycles. The molecule has 1 heterocycles. The highest BCUT2D eigenvalue weighted by molar-refractivity contribution is 7.89. The van der Waals surface area contributed by atoms with Crippen molar-refractivity contribution in [2.24, 2.45) is 5.73 Å². The predicted octanol–water partition coefficient (Wildman–Crippen LogP) is 0.855. The van der Waals surface area contributed by atoms with Gasteiger partial charge in [0.15, 0.2) is 0 Å². The molecule has 0 saturated heterocycles. The molecule has 0 aromatic heterocycles. The van der Waals surface area contributed by atoms with Gasteiger partial charge in [0, 0.05) is 12.2 Å². The molecule has 12 heteroatoms. The summed E-state index contributed by atoms with van der Waals surface area (Å²) in [5.41, 5.74) is 6.66. The van der Waals surface area contributed by atoms with Crippen LogP contribution in [0.5, 0.6) is 0 Å². The number of anilines is 1. The summed E-state index contributed by atoms with van der Waals surface area (Å²) in [6.07, 6.45) is 0. The van der Waals surface area contributed by atoms with Gasteiger partial charge in [0.05, 0.1) is 48.9 Å². The van der Waals surface area contributed by atoms with Crippen LogP contribution in [0.3, 0.4) is 0 Å². The highest BCUT2D eigenvalue weighted by Gasteiger charge is 2.43. The monoisotopic (exact) mass is 512 g/mol. The maximum Gasteiger partial charge on any atom is 0.355 e. The fraction of sp³-hybridized carbons (Fsp3) is 0.208. The molecule has 188 valence electrons. The van der Waals surface area contributed by atoms with E-state index in [1.54, 1.807) is 30.3 Å². The summed E-state index contributed by atoms with van der Waals surface area (Å²) in [7, 11) is -1.64.